The molecule has 0 saturated heterocycles. The Morgan fingerprint density at radius 2 is 1.20 bits per heavy atom. The van der Waals surface area contributed by atoms with Gasteiger partial charge in [0.1, 0.15) is 0 Å². The second kappa shape index (κ2) is 11.5. The number of hydrogen-bond acceptors (Lipinski definition) is 1. The lowest BCUT2D eigenvalue weighted by atomic mass is 10.1. The van der Waals surface area contributed by atoms with Gasteiger partial charge in [-0.2, -0.15) is 0 Å². The average molecular weight is 358 g/mol. The van der Waals surface area contributed by atoms with Crippen LogP contribution in [0.25, 0.3) is 0 Å². The minimum atomic E-state index is -1.84. The SMILES string of the molecule is CC[Si](CC)(CC)OCCCCCCCC[Si](C)(Cl)Cl. The molecule has 0 bridgehead atoms. The zero-order chi connectivity index (χ0) is 15.5. The summed E-state index contributed by atoms with van der Waals surface area (Å²) >= 11 is 12.2. The standard InChI is InChI=1S/C15H34Cl2OSi2/c1-5-20(6-2,7-3)18-14-12-10-8-9-11-13-15-19(4,16)17/h5-15H2,1-4H3. The number of rotatable bonds is 13. The Labute approximate surface area is 138 Å². The van der Waals surface area contributed by atoms with Crippen LogP contribution in [-0.2, 0) is 4.43 Å². The Balaban J connectivity index is 3.45. The van der Waals surface area contributed by atoms with Crippen molar-refractivity contribution in [2.75, 3.05) is 6.61 Å². The van der Waals surface area contributed by atoms with Crippen molar-refractivity contribution in [2.24, 2.45) is 0 Å². The van der Waals surface area contributed by atoms with E-state index in [-0.39, 0.29) is 0 Å². The summed E-state index contributed by atoms with van der Waals surface area (Å²) in [7, 11) is -1.34. The zero-order valence-corrected chi connectivity index (χ0v) is 17.5. The van der Waals surface area contributed by atoms with Gasteiger partial charge in [0.25, 0.3) is 0 Å². The molecule has 0 aromatic heterocycles. The first-order chi connectivity index (χ1) is 9.39. The lowest BCUT2D eigenvalue weighted by Gasteiger charge is -2.27. The highest BCUT2D eigenvalue weighted by atomic mass is 35.7. The molecule has 0 spiro atoms. The van der Waals surface area contributed by atoms with Crippen molar-refractivity contribution in [3.63, 3.8) is 0 Å². The largest absolute Gasteiger partial charge is 0.417 e. The second-order valence-corrected chi connectivity index (χ2v) is 19.0. The molecule has 0 atom stereocenters. The summed E-state index contributed by atoms with van der Waals surface area (Å²) in [6, 6.07) is 4.83. The molecule has 0 heterocycles. The van der Waals surface area contributed by atoms with E-state index in [1.165, 1.54) is 56.7 Å². The van der Waals surface area contributed by atoms with Gasteiger partial charge < -0.3 is 4.43 Å². The Morgan fingerprint density at radius 3 is 1.65 bits per heavy atom. The number of halogens is 2. The lowest BCUT2D eigenvalue weighted by molar-refractivity contribution is 0.287. The van der Waals surface area contributed by atoms with Crippen LogP contribution < -0.4 is 0 Å². The summed E-state index contributed by atoms with van der Waals surface area (Å²) in [5, 5.41) is 0. The molecular weight excluding hydrogens is 323 g/mol. The van der Waals surface area contributed by atoms with E-state index in [1.54, 1.807) is 0 Å². The summed E-state index contributed by atoms with van der Waals surface area (Å²) in [6.45, 7) is 8.04. The molecule has 0 fully saturated rings. The normalized spacial score (nSPS) is 12.9. The van der Waals surface area contributed by atoms with E-state index in [4.69, 9.17) is 26.6 Å². The molecule has 0 aromatic rings. The highest BCUT2D eigenvalue weighted by molar-refractivity contribution is 7.44. The van der Waals surface area contributed by atoms with Crippen LogP contribution in [0.3, 0.4) is 0 Å². The second-order valence-electron chi connectivity index (χ2n) is 6.03. The van der Waals surface area contributed by atoms with Crippen LogP contribution in [0.2, 0.25) is 30.7 Å². The average Bonchev–Trinajstić information content (AvgIpc) is 2.41. The van der Waals surface area contributed by atoms with Crippen molar-refractivity contribution >= 4 is 37.2 Å². The van der Waals surface area contributed by atoms with Gasteiger partial charge in [-0.25, -0.2) is 0 Å². The molecule has 0 saturated carbocycles. The van der Waals surface area contributed by atoms with Crippen molar-refractivity contribution in [3.8, 4) is 0 Å². The van der Waals surface area contributed by atoms with E-state index in [0.29, 0.717) is 0 Å². The third-order valence-electron chi connectivity index (χ3n) is 4.35. The van der Waals surface area contributed by atoms with Gasteiger partial charge in [-0.3, -0.25) is 0 Å². The van der Waals surface area contributed by atoms with E-state index in [9.17, 15) is 0 Å². The first kappa shape index (κ1) is 21.0. The molecule has 0 aliphatic heterocycles. The first-order valence-corrected chi connectivity index (χ1v) is 15.7. The fraction of sp³-hybridized carbons (Fsp3) is 1.00. The van der Waals surface area contributed by atoms with Gasteiger partial charge >= 0.3 is 0 Å². The van der Waals surface area contributed by atoms with Gasteiger partial charge in [-0.05, 0) is 37.1 Å². The monoisotopic (exact) mass is 356 g/mol. The smallest absolute Gasteiger partial charge is 0.248 e. The van der Waals surface area contributed by atoms with Crippen molar-refractivity contribution in [1.82, 2.24) is 0 Å². The third-order valence-corrected chi connectivity index (χ3v) is 11.4. The maximum atomic E-state index is 6.26. The molecule has 0 rings (SSSR count). The van der Waals surface area contributed by atoms with Gasteiger partial charge in [0, 0.05) is 6.61 Å². The van der Waals surface area contributed by atoms with E-state index >= 15 is 0 Å². The van der Waals surface area contributed by atoms with Crippen LogP contribution in [0.4, 0.5) is 0 Å². The molecule has 20 heavy (non-hydrogen) atoms. The topological polar surface area (TPSA) is 9.23 Å². The van der Waals surface area contributed by atoms with Crippen molar-refractivity contribution < 1.29 is 4.43 Å². The van der Waals surface area contributed by atoms with Crippen LogP contribution >= 0.6 is 22.2 Å². The Morgan fingerprint density at radius 1 is 0.750 bits per heavy atom. The molecule has 0 aliphatic rings. The van der Waals surface area contributed by atoms with Crippen LogP contribution in [0, 0.1) is 0 Å². The summed E-state index contributed by atoms with van der Waals surface area (Å²) in [5.74, 6) is 0. The van der Waals surface area contributed by atoms with Gasteiger partial charge in [-0.1, -0.05) is 52.9 Å². The van der Waals surface area contributed by atoms with Crippen LogP contribution in [0.15, 0.2) is 0 Å². The van der Waals surface area contributed by atoms with Crippen molar-refractivity contribution in [2.45, 2.75) is 90.0 Å². The van der Waals surface area contributed by atoms with Crippen molar-refractivity contribution in [1.29, 1.82) is 0 Å². The molecule has 122 valence electrons. The molecule has 0 aliphatic carbocycles. The summed E-state index contributed by atoms with van der Waals surface area (Å²) in [6.07, 6.45) is 7.65. The third kappa shape index (κ3) is 10.7. The Bertz CT molecular complexity index is 220. The lowest BCUT2D eigenvalue weighted by Crippen LogP contribution is -2.36. The van der Waals surface area contributed by atoms with E-state index in [0.717, 1.165) is 12.7 Å². The number of unbranched alkanes of at least 4 members (excludes halogenated alkanes) is 5. The maximum absolute atomic E-state index is 6.26. The van der Waals surface area contributed by atoms with Gasteiger partial charge in [0.15, 0.2) is 8.32 Å². The highest BCUT2D eigenvalue weighted by Crippen LogP contribution is 2.24. The fourth-order valence-corrected chi connectivity index (χ4v) is 6.95. The highest BCUT2D eigenvalue weighted by Gasteiger charge is 2.28. The molecule has 0 aromatic carbocycles. The van der Waals surface area contributed by atoms with E-state index < -0.39 is 15.0 Å². The molecule has 0 radical (unpaired) electrons. The predicted molar refractivity (Wildman–Crippen MR) is 99.0 cm³/mol. The van der Waals surface area contributed by atoms with Gasteiger partial charge in [0.05, 0.1) is 0 Å². The quantitative estimate of drug-likeness (QED) is 0.198. The Hall–Kier alpha value is 0.974. The van der Waals surface area contributed by atoms with Crippen LogP contribution in [0.1, 0.15) is 59.3 Å². The Kier molecular flexibility index (Phi) is 12.1. The fourth-order valence-electron chi connectivity index (χ4n) is 2.59. The number of hydrogen-bond donors (Lipinski definition) is 0. The molecule has 0 N–H and O–H groups in total. The zero-order valence-electron chi connectivity index (χ0n) is 13.9. The summed E-state index contributed by atoms with van der Waals surface area (Å²) < 4.78 is 6.26. The van der Waals surface area contributed by atoms with Gasteiger partial charge in [-0.15, -0.1) is 22.2 Å². The molecule has 1 nitrogen and oxygen atoms in total. The minimum Gasteiger partial charge on any atom is -0.417 e. The molecule has 5 heteroatoms. The van der Waals surface area contributed by atoms with Crippen LogP contribution in [0.5, 0.6) is 0 Å². The molecule has 0 amide bonds. The van der Waals surface area contributed by atoms with E-state index in [2.05, 4.69) is 20.8 Å². The predicted octanol–water partition coefficient (Wildman–Crippen LogP) is 6.90. The van der Waals surface area contributed by atoms with E-state index in [1.807, 2.05) is 6.55 Å². The molecule has 0 unspecified atom stereocenters. The first-order valence-electron chi connectivity index (χ1n) is 8.41. The summed E-state index contributed by atoms with van der Waals surface area (Å²) in [5.41, 5.74) is 0. The van der Waals surface area contributed by atoms with Gasteiger partial charge in [0.2, 0.25) is 6.69 Å². The minimum absolute atomic E-state index is 0.982. The maximum Gasteiger partial charge on any atom is 0.248 e. The van der Waals surface area contributed by atoms with Crippen LogP contribution in [-0.4, -0.2) is 21.6 Å². The van der Waals surface area contributed by atoms with Crippen molar-refractivity contribution in [3.05, 3.63) is 0 Å². The molecular formula is C15H34Cl2OSi2. The summed E-state index contributed by atoms with van der Waals surface area (Å²) in [4.78, 5) is 0.